The molecule has 0 saturated carbocycles. The van der Waals surface area contributed by atoms with Crippen LogP contribution in [0.5, 0.6) is 0 Å². The van der Waals surface area contributed by atoms with Crippen LogP contribution in [0.1, 0.15) is 8.30 Å². The highest BCUT2D eigenvalue weighted by atomic mass is 127. The predicted molar refractivity (Wildman–Crippen MR) is 172 cm³/mol. The van der Waals surface area contributed by atoms with Gasteiger partial charge >= 0.3 is 0 Å². The number of nitro benzene ring substituents is 1. The maximum atomic E-state index is 11.6. The first-order chi connectivity index (χ1) is 19.8. The number of nitrogens with zero attached hydrogens (tertiary/aromatic N) is 1. The molecular weight excluding hydrogens is 617 g/mol. The van der Waals surface area contributed by atoms with E-state index in [9.17, 15) is 10.1 Å². The van der Waals surface area contributed by atoms with E-state index in [0.717, 1.165) is 48.2 Å². The lowest BCUT2D eigenvalue weighted by Gasteiger charge is -2.06. The number of hydrogen-bond donors (Lipinski definition) is 0. The molecule has 8 aromatic rings. The SMILES string of the molecule is [2H]c1ccc2oc3cc(I)c4ccccc4c3c2c1.[2H]c1ccc2sc3c([N+](=O)[O-])c(C)c4ccccc4c3c2c1. The molecule has 8 rings (SSSR count). The third kappa shape index (κ3) is 3.78. The molecule has 0 unspecified atom stereocenters. The number of fused-ring (bicyclic) bond motifs is 10. The van der Waals surface area contributed by atoms with E-state index in [4.69, 9.17) is 7.16 Å². The Kier molecular flexibility index (Phi) is 5.23. The van der Waals surface area contributed by atoms with E-state index in [0.29, 0.717) is 22.3 Å². The van der Waals surface area contributed by atoms with Gasteiger partial charge in [-0.15, -0.1) is 11.3 Å². The third-order valence-corrected chi connectivity index (χ3v) is 9.23. The molecule has 0 spiro atoms. The Labute approximate surface area is 243 Å². The van der Waals surface area contributed by atoms with E-state index in [1.807, 2.05) is 48.5 Å². The molecule has 0 aliphatic rings. The van der Waals surface area contributed by atoms with E-state index in [-0.39, 0.29) is 10.6 Å². The average Bonchev–Trinajstić information content (AvgIpc) is 3.51. The Morgan fingerprint density at radius 3 is 2.15 bits per heavy atom. The number of hydrogen-bond acceptors (Lipinski definition) is 4. The number of furan rings is 1. The van der Waals surface area contributed by atoms with E-state index >= 15 is 0 Å². The molecule has 0 aliphatic carbocycles. The highest BCUT2D eigenvalue weighted by molar-refractivity contribution is 14.1. The van der Waals surface area contributed by atoms with Crippen LogP contribution >= 0.6 is 33.9 Å². The molecule has 6 heteroatoms. The summed E-state index contributed by atoms with van der Waals surface area (Å²) in [7, 11) is 0. The second-order valence-electron chi connectivity index (χ2n) is 9.31. The van der Waals surface area contributed by atoms with Gasteiger partial charge in [0.15, 0.2) is 0 Å². The summed E-state index contributed by atoms with van der Waals surface area (Å²) in [6.45, 7) is 1.81. The van der Waals surface area contributed by atoms with Crippen molar-refractivity contribution in [1.29, 1.82) is 0 Å². The van der Waals surface area contributed by atoms with Gasteiger partial charge in [0.1, 0.15) is 15.9 Å². The van der Waals surface area contributed by atoms with Crippen molar-refractivity contribution in [2.45, 2.75) is 6.92 Å². The van der Waals surface area contributed by atoms with Crippen molar-refractivity contribution in [2.24, 2.45) is 0 Å². The Bertz CT molecular complexity index is 2360. The minimum absolute atomic E-state index is 0.182. The van der Waals surface area contributed by atoms with Gasteiger partial charge in [-0.05, 0) is 69.3 Å². The van der Waals surface area contributed by atoms with Gasteiger partial charge in [0, 0.05) is 35.4 Å². The molecule has 0 bridgehead atoms. The third-order valence-electron chi connectivity index (χ3n) is 7.16. The molecule has 188 valence electrons. The van der Waals surface area contributed by atoms with Crippen molar-refractivity contribution in [1.82, 2.24) is 0 Å². The molecule has 2 heterocycles. The molecule has 4 nitrogen and oxygen atoms in total. The number of para-hydroxylation sites is 1. The van der Waals surface area contributed by atoms with E-state index in [1.165, 1.54) is 25.7 Å². The Hall–Kier alpha value is -4.01. The summed E-state index contributed by atoms with van der Waals surface area (Å²) >= 11 is 3.77. The fourth-order valence-electron chi connectivity index (χ4n) is 5.45. The summed E-state index contributed by atoms with van der Waals surface area (Å²) in [6, 6.07) is 30.0. The second kappa shape index (κ2) is 9.32. The molecule has 0 aliphatic heterocycles. The summed E-state index contributed by atoms with van der Waals surface area (Å²) in [4.78, 5) is 11.3. The summed E-state index contributed by atoms with van der Waals surface area (Å²) in [6.07, 6.45) is 0. The number of aryl methyl sites for hydroxylation is 1. The minimum atomic E-state index is -0.291. The van der Waals surface area contributed by atoms with Crippen LogP contribution in [0, 0.1) is 20.6 Å². The molecule has 0 saturated heterocycles. The van der Waals surface area contributed by atoms with Gasteiger partial charge in [-0.2, -0.15) is 0 Å². The van der Waals surface area contributed by atoms with Crippen molar-refractivity contribution >= 4 is 103 Å². The second-order valence-corrected chi connectivity index (χ2v) is 11.5. The Morgan fingerprint density at radius 1 is 0.769 bits per heavy atom. The van der Waals surface area contributed by atoms with Gasteiger partial charge in [-0.25, -0.2) is 0 Å². The monoisotopic (exact) mass is 639 g/mol. The van der Waals surface area contributed by atoms with E-state index in [2.05, 4.69) is 46.9 Å². The average molecular weight is 640 g/mol. The van der Waals surface area contributed by atoms with Gasteiger partial charge in [0.25, 0.3) is 5.69 Å². The summed E-state index contributed by atoms with van der Waals surface area (Å²) in [5.74, 6) is 0. The largest absolute Gasteiger partial charge is 0.456 e. The number of rotatable bonds is 1. The van der Waals surface area contributed by atoms with Crippen molar-refractivity contribution < 1.29 is 12.1 Å². The lowest BCUT2D eigenvalue weighted by atomic mass is 9.98. The maximum Gasteiger partial charge on any atom is 0.290 e. The van der Waals surface area contributed by atoms with E-state index < -0.39 is 0 Å². The van der Waals surface area contributed by atoms with E-state index in [1.54, 1.807) is 25.1 Å². The molecule has 0 N–H and O–H groups in total. The van der Waals surface area contributed by atoms with Crippen LogP contribution in [0.15, 0.2) is 107 Å². The molecule has 2 aromatic heterocycles. The summed E-state index contributed by atoms with van der Waals surface area (Å²) in [5, 5.41) is 19.9. The topological polar surface area (TPSA) is 56.3 Å². The van der Waals surface area contributed by atoms with Crippen molar-refractivity contribution in [3.05, 3.63) is 122 Å². The van der Waals surface area contributed by atoms with Crippen molar-refractivity contribution in [3.63, 3.8) is 0 Å². The number of benzene rings is 6. The lowest BCUT2D eigenvalue weighted by Crippen LogP contribution is -1.93. The predicted octanol–water partition coefficient (Wildman–Crippen LogP) is 10.8. The number of thiophene rings is 1. The highest BCUT2D eigenvalue weighted by Crippen LogP contribution is 2.45. The zero-order valence-corrected chi connectivity index (χ0v) is 23.6. The van der Waals surface area contributed by atoms with Crippen LogP contribution in [0.25, 0.3) is 63.7 Å². The fraction of sp³-hybridized carbons (Fsp3) is 0.0303. The molecule has 6 aromatic carbocycles. The van der Waals surface area contributed by atoms with Gasteiger partial charge in [0.2, 0.25) is 0 Å². The summed E-state index contributed by atoms with van der Waals surface area (Å²) < 4.78 is 24.4. The van der Waals surface area contributed by atoms with Crippen molar-refractivity contribution in [2.75, 3.05) is 0 Å². The Balaban J connectivity index is 0.000000136. The standard InChI is InChI=1S/C17H11NO2S.C16H9IO/c1-10-11-6-2-3-7-12(11)15-13-8-4-5-9-14(13)21-17(15)16(10)18(19)20;17-13-9-15-16(11-6-2-1-5-10(11)13)12-7-3-4-8-14(12)18-15/h2-9H,1H3;1-9H/i4D;3D. The molecular formula is C33H20INO3S. The van der Waals surface area contributed by atoms with Crippen LogP contribution in [0.2, 0.25) is 0 Å². The van der Waals surface area contributed by atoms with Gasteiger partial charge in [0.05, 0.1) is 7.66 Å². The molecule has 0 radical (unpaired) electrons. The number of nitro groups is 1. The van der Waals surface area contributed by atoms with Crippen LogP contribution in [0.3, 0.4) is 0 Å². The van der Waals surface area contributed by atoms with Gasteiger partial charge in [-0.1, -0.05) is 84.9 Å². The zero-order valence-electron chi connectivity index (χ0n) is 22.6. The van der Waals surface area contributed by atoms with Gasteiger partial charge in [-0.3, -0.25) is 10.1 Å². The highest BCUT2D eigenvalue weighted by Gasteiger charge is 2.23. The van der Waals surface area contributed by atoms with Crippen molar-refractivity contribution in [3.8, 4) is 0 Å². The first-order valence-electron chi connectivity index (χ1n) is 13.3. The van der Waals surface area contributed by atoms with Crippen LogP contribution in [-0.4, -0.2) is 4.92 Å². The molecule has 39 heavy (non-hydrogen) atoms. The van der Waals surface area contributed by atoms with Crippen LogP contribution in [-0.2, 0) is 0 Å². The molecule has 0 fully saturated rings. The van der Waals surface area contributed by atoms with Gasteiger partial charge < -0.3 is 4.42 Å². The maximum absolute atomic E-state index is 11.6. The lowest BCUT2D eigenvalue weighted by molar-refractivity contribution is -0.383. The quantitative estimate of drug-likeness (QED) is 0.102. The fourth-order valence-corrected chi connectivity index (χ4v) is 7.47. The normalized spacial score (nSPS) is 12.3. The Morgan fingerprint density at radius 2 is 1.41 bits per heavy atom. The minimum Gasteiger partial charge on any atom is -0.456 e. The number of halogens is 1. The first-order valence-corrected chi connectivity index (χ1v) is 14.2. The zero-order chi connectivity index (χ0) is 28.4. The smallest absolute Gasteiger partial charge is 0.290 e. The van der Waals surface area contributed by atoms with Crippen LogP contribution < -0.4 is 0 Å². The first kappa shape index (κ1) is 21.9. The summed E-state index contributed by atoms with van der Waals surface area (Å²) in [5.41, 5.74) is 2.62. The van der Waals surface area contributed by atoms with Crippen LogP contribution in [0.4, 0.5) is 5.69 Å². The molecule has 0 amide bonds. The molecule has 0 atom stereocenters.